The molecule has 0 bridgehead atoms. The van der Waals surface area contributed by atoms with Gasteiger partial charge in [-0.3, -0.25) is 0 Å². The van der Waals surface area contributed by atoms with Crippen LogP contribution < -0.4 is 5.32 Å². The highest BCUT2D eigenvalue weighted by atomic mass is 16.5. The smallest absolute Gasteiger partial charge is 0.128 e. The van der Waals surface area contributed by atoms with Gasteiger partial charge in [0, 0.05) is 6.20 Å². The summed E-state index contributed by atoms with van der Waals surface area (Å²) in [4.78, 5) is 0. The van der Waals surface area contributed by atoms with Crippen molar-refractivity contribution >= 4 is 0 Å². The van der Waals surface area contributed by atoms with Gasteiger partial charge in [-0.05, 0) is 32.3 Å². The van der Waals surface area contributed by atoms with Crippen molar-refractivity contribution in [1.29, 1.82) is 0 Å². The average Bonchev–Trinajstić information content (AvgIpc) is 2.71. The molecular formula is C16H23NO. The molecule has 2 nitrogen and oxygen atoms in total. The first-order valence-electron chi connectivity index (χ1n) is 6.79. The Morgan fingerprint density at radius 2 is 2.33 bits per heavy atom. The van der Waals surface area contributed by atoms with Gasteiger partial charge in [0.05, 0.1) is 17.7 Å². The highest BCUT2D eigenvalue weighted by Crippen LogP contribution is 2.30. The van der Waals surface area contributed by atoms with Gasteiger partial charge in [-0.2, -0.15) is 0 Å². The molecule has 2 heteroatoms. The third-order valence-electron chi connectivity index (χ3n) is 3.58. The van der Waals surface area contributed by atoms with Crippen molar-refractivity contribution in [3.8, 4) is 0 Å². The summed E-state index contributed by atoms with van der Waals surface area (Å²) >= 11 is 0. The molecule has 18 heavy (non-hydrogen) atoms. The molecule has 2 aliphatic rings. The van der Waals surface area contributed by atoms with Crippen LogP contribution in [-0.4, -0.2) is 6.04 Å². The zero-order chi connectivity index (χ0) is 13.1. The molecule has 0 saturated carbocycles. The molecule has 0 saturated heterocycles. The van der Waals surface area contributed by atoms with Gasteiger partial charge in [0.15, 0.2) is 0 Å². The van der Waals surface area contributed by atoms with Gasteiger partial charge in [0.2, 0.25) is 0 Å². The van der Waals surface area contributed by atoms with Gasteiger partial charge in [0.25, 0.3) is 0 Å². The molecule has 0 amide bonds. The van der Waals surface area contributed by atoms with Crippen molar-refractivity contribution in [3.63, 3.8) is 0 Å². The van der Waals surface area contributed by atoms with E-state index in [1.807, 2.05) is 13.1 Å². The topological polar surface area (TPSA) is 21.3 Å². The third-order valence-corrected chi connectivity index (χ3v) is 3.58. The van der Waals surface area contributed by atoms with Crippen molar-refractivity contribution in [2.45, 2.75) is 40.2 Å². The maximum absolute atomic E-state index is 5.98. The lowest BCUT2D eigenvalue weighted by Gasteiger charge is -2.21. The van der Waals surface area contributed by atoms with E-state index in [1.165, 1.54) is 5.57 Å². The fourth-order valence-electron chi connectivity index (χ4n) is 2.35. The van der Waals surface area contributed by atoms with Gasteiger partial charge >= 0.3 is 0 Å². The summed E-state index contributed by atoms with van der Waals surface area (Å²) in [6.07, 6.45) is 12.0. The van der Waals surface area contributed by atoms with Crippen molar-refractivity contribution in [1.82, 2.24) is 5.32 Å². The number of fused-ring (bicyclic) bond motifs is 1. The molecule has 3 atom stereocenters. The average molecular weight is 245 g/mol. The minimum absolute atomic E-state index is 0.343. The number of hydrogen-bond acceptors (Lipinski definition) is 2. The van der Waals surface area contributed by atoms with Crippen molar-refractivity contribution in [2.75, 3.05) is 0 Å². The van der Waals surface area contributed by atoms with Gasteiger partial charge < -0.3 is 10.1 Å². The molecule has 1 aliphatic heterocycles. The van der Waals surface area contributed by atoms with Crippen molar-refractivity contribution < 1.29 is 4.74 Å². The third kappa shape index (κ3) is 2.87. The van der Waals surface area contributed by atoms with Crippen LogP contribution in [-0.2, 0) is 4.74 Å². The van der Waals surface area contributed by atoms with Crippen LogP contribution in [0.25, 0.3) is 0 Å². The minimum Gasteiger partial charge on any atom is -0.464 e. The Kier molecular flexibility index (Phi) is 3.95. The lowest BCUT2D eigenvalue weighted by molar-refractivity contribution is 0.271. The summed E-state index contributed by atoms with van der Waals surface area (Å²) < 4.78 is 5.98. The van der Waals surface area contributed by atoms with E-state index in [1.54, 1.807) is 0 Å². The van der Waals surface area contributed by atoms with E-state index in [2.05, 4.69) is 50.4 Å². The number of rotatable bonds is 4. The van der Waals surface area contributed by atoms with Gasteiger partial charge in [-0.15, -0.1) is 0 Å². The quantitative estimate of drug-likeness (QED) is 0.758. The van der Waals surface area contributed by atoms with E-state index in [4.69, 9.17) is 4.74 Å². The van der Waals surface area contributed by atoms with E-state index >= 15 is 0 Å². The highest BCUT2D eigenvalue weighted by molar-refractivity contribution is 5.33. The Balaban J connectivity index is 2.03. The van der Waals surface area contributed by atoms with Crippen LogP contribution in [0.4, 0.5) is 0 Å². The van der Waals surface area contributed by atoms with E-state index in [0.717, 1.165) is 17.9 Å². The molecule has 1 aliphatic carbocycles. The lowest BCUT2D eigenvalue weighted by Crippen LogP contribution is -2.26. The molecule has 2 rings (SSSR count). The van der Waals surface area contributed by atoms with Crippen LogP contribution in [0.2, 0.25) is 0 Å². The summed E-state index contributed by atoms with van der Waals surface area (Å²) in [6, 6.07) is 0.361. The molecule has 1 N–H and O–H groups in total. The molecule has 1 heterocycles. The Hall–Kier alpha value is -1.44. The summed E-state index contributed by atoms with van der Waals surface area (Å²) in [7, 11) is 0. The second kappa shape index (κ2) is 5.47. The lowest BCUT2D eigenvalue weighted by atomic mass is 9.93. The van der Waals surface area contributed by atoms with E-state index in [9.17, 15) is 0 Å². The fourth-order valence-corrected chi connectivity index (χ4v) is 2.35. The van der Waals surface area contributed by atoms with Crippen LogP contribution in [0, 0.1) is 11.8 Å². The second-order valence-electron chi connectivity index (χ2n) is 5.30. The maximum atomic E-state index is 5.98. The minimum atomic E-state index is 0.343. The number of nitrogens with one attached hydrogen (secondary N) is 1. The highest BCUT2D eigenvalue weighted by Gasteiger charge is 2.29. The zero-order valence-electron chi connectivity index (χ0n) is 11.7. The Bertz CT molecular complexity index is 428. The number of allylic oxidation sites excluding steroid dienone is 4. The van der Waals surface area contributed by atoms with E-state index in [0.29, 0.717) is 17.9 Å². The fraction of sp³-hybridized carbons (Fsp3) is 0.500. The standard InChI is InChI=1S/C16H23NO/c1-5-11(2)8-13(4)18-16-10-17-15-7-6-12(3)9-14(15)16/h6-11,14-15,17H,5H2,1-4H3/b13-8+/t11-,14?,15?/m0/s1. The molecule has 0 radical (unpaired) electrons. The first-order chi connectivity index (χ1) is 8.60. The van der Waals surface area contributed by atoms with E-state index in [-0.39, 0.29) is 0 Å². The van der Waals surface area contributed by atoms with Crippen molar-refractivity contribution in [2.24, 2.45) is 11.8 Å². The Morgan fingerprint density at radius 1 is 1.56 bits per heavy atom. The number of hydrogen-bond donors (Lipinski definition) is 1. The van der Waals surface area contributed by atoms with Gasteiger partial charge in [-0.25, -0.2) is 0 Å². The second-order valence-corrected chi connectivity index (χ2v) is 5.30. The summed E-state index contributed by atoms with van der Waals surface area (Å²) in [5.41, 5.74) is 1.30. The van der Waals surface area contributed by atoms with Crippen LogP contribution in [0.15, 0.2) is 47.6 Å². The molecule has 0 aromatic rings. The van der Waals surface area contributed by atoms with Crippen LogP contribution >= 0.6 is 0 Å². The summed E-state index contributed by atoms with van der Waals surface area (Å²) in [5, 5.41) is 3.36. The summed E-state index contributed by atoms with van der Waals surface area (Å²) in [5.74, 6) is 2.94. The molecule has 0 aromatic carbocycles. The van der Waals surface area contributed by atoms with Crippen LogP contribution in [0.5, 0.6) is 0 Å². The van der Waals surface area contributed by atoms with Crippen LogP contribution in [0.3, 0.4) is 0 Å². The molecular weight excluding hydrogens is 222 g/mol. The number of ether oxygens (including phenoxy) is 1. The monoisotopic (exact) mass is 245 g/mol. The van der Waals surface area contributed by atoms with Crippen molar-refractivity contribution in [3.05, 3.63) is 47.6 Å². The summed E-state index contributed by atoms with van der Waals surface area (Å²) in [6.45, 7) is 8.57. The maximum Gasteiger partial charge on any atom is 0.128 e. The molecule has 0 aromatic heterocycles. The predicted molar refractivity (Wildman–Crippen MR) is 75.7 cm³/mol. The van der Waals surface area contributed by atoms with Gasteiger partial charge in [0.1, 0.15) is 5.76 Å². The Labute approximate surface area is 110 Å². The first-order valence-corrected chi connectivity index (χ1v) is 6.79. The normalized spacial score (nSPS) is 28.1. The zero-order valence-corrected chi connectivity index (χ0v) is 11.7. The molecule has 2 unspecified atom stereocenters. The first kappa shape index (κ1) is 13.0. The predicted octanol–water partition coefficient (Wildman–Crippen LogP) is 3.90. The van der Waals surface area contributed by atoms with Gasteiger partial charge in [-0.1, -0.05) is 37.6 Å². The van der Waals surface area contributed by atoms with E-state index < -0.39 is 0 Å². The SMILES string of the molecule is CC[C@H](C)/C=C(\C)OC1=CNC2C=CC(C)=CC12. The van der Waals surface area contributed by atoms with Crippen LogP contribution in [0.1, 0.15) is 34.1 Å². The largest absolute Gasteiger partial charge is 0.464 e. The molecule has 0 fully saturated rings. The molecule has 0 spiro atoms. The Morgan fingerprint density at radius 3 is 3.06 bits per heavy atom. The molecule has 98 valence electrons.